The largest absolute Gasteiger partial charge is 0.313 e. The van der Waals surface area contributed by atoms with Crippen molar-refractivity contribution in [1.29, 1.82) is 0 Å². The molecular formula is C14H27N. The lowest BCUT2D eigenvalue weighted by atomic mass is 9.81. The van der Waals surface area contributed by atoms with E-state index in [1.165, 1.54) is 32.1 Å². The summed E-state index contributed by atoms with van der Waals surface area (Å²) < 4.78 is 0. The first-order valence-corrected chi connectivity index (χ1v) is 6.45. The van der Waals surface area contributed by atoms with E-state index in [0.717, 1.165) is 6.54 Å². The van der Waals surface area contributed by atoms with Crippen molar-refractivity contribution in [3.63, 3.8) is 0 Å². The third kappa shape index (κ3) is 4.38. The van der Waals surface area contributed by atoms with Gasteiger partial charge in [-0.05, 0) is 44.1 Å². The average molecular weight is 209 g/mol. The van der Waals surface area contributed by atoms with Gasteiger partial charge in [0.05, 0.1) is 0 Å². The van der Waals surface area contributed by atoms with Crippen LogP contribution in [0.5, 0.6) is 0 Å². The van der Waals surface area contributed by atoms with Gasteiger partial charge in [-0.3, -0.25) is 0 Å². The minimum absolute atomic E-state index is 0.369. The first-order chi connectivity index (χ1) is 7.04. The van der Waals surface area contributed by atoms with Gasteiger partial charge >= 0.3 is 0 Å². The molecule has 0 aliphatic heterocycles. The predicted molar refractivity (Wildman–Crippen MR) is 68.1 cm³/mol. The van der Waals surface area contributed by atoms with Crippen LogP contribution in [0.2, 0.25) is 0 Å². The molecule has 0 spiro atoms. The third-order valence-corrected chi connectivity index (χ3v) is 3.35. The van der Waals surface area contributed by atoms with Crippen LogP contribution in [-0.4, -0.2) is 12.6 Å². The van der Waals surface area contributed by atoms with Gasteiger partial charge in [-0.1, -0.05) is 39.3 Å². The van der Waals surface area contributed by atoms with Gasteiger partial charge in [0.25, 0.3) is 0 Å². The first-order valence-electron chi connectivity index (χ1n) is 6.45. The highest BCUT2D eigenvalue weighted by Crippen LogP contribution is 2.28. The summed E-state index contributed by atoms with van der Waals surface area (Å²) in [6, 6.07) is 0.631. The fourth-order valence-corrected chi connectivity index (χ4v) is 2.28. The fourth-order valence-electron chi connectivity index (χ4n) is 2.28. The van der Waals surface area contributed by atoms with E-state index in [9.17, 15) is 0 Å². The summed E-state index contributed by atoms with van der Waals surface area (Å²) in [5.74, 6) is 0. The number of hydrogen-bond acceptors (Lipinski definition) is 1. The van der Waals surface area contributed by atoms with Crippen LogP contribution in [-0.2, 0) is 0 Å². The van der Waals surface area contributed by atoms with E-state index in [1.807, 2.05) is 0 Å². The first kappa shape index (κ1) is 12.8. The minimum Gasteiger partial charge on any atom is -0.313 e. The standard InChI is InChI=1S/C14H27N/c1-5-15-13(14(2,3)4)11-12-9-7-6-8-10-12/h9,13,15H,5-8,10-11H2,1-4H3. The molecule has 0 aromatic carbocycles. The van der Waals surface area contributed by atoms with Gasteiger partial charge < -0.3 is 5.32 Å². The summed E-state index contributed by atoms with van der Waals surface area (Å²) in [6.45, 7) is 10.3. The van der Waals surface area contributed by atoms with E-state index in [2.05, 4.69) is 39.1 Å². The molecule has 0 aromatic heterocycles. The van der Waals surface area contributed by atoms with E-state index in [0.29, 0.717) is 11.5 Å². The zero-order valence-corrected chi connectivity index (χ0v) is 10.9. The Labute approximate surface area is 95.3 Å². The van der Waals surface area contributed by atoms with Crippen molar-refractivity contribution in [2.24, 2.45) is 5.41 Å². The molecule has 0 bridgehead atoms. The monoisotopic (exact) mass is 209 g/mol. The van der Waals surface area contributed by atoms with Crippen LogP contribution in [0.25, 0.3) is 0 Å². The van der Waals surface area contributed by atoms with Crippen molar-refractivity contribution in [1.82, 2.24) is 5.32 Å². The zero-order chi connectivity index (χ0) is 11.3. The van der Waals surface area contributed by atoms with Gasteiger partial charge in [-0.2, -0.15) is 0 Å². The van der Waals surface area contributed by atoms with E-state index in [-0.39, 0.29) is 0 Å². The Balaban J connectivity index is 2.53. The summed E-state index contributed by atoms with van der Waals surface area (Å²) in [6.07, 6.45) is 9.15. The molecule has 0 saturated heterocycles. The second-order valence-electron chi connectivity index (χ2n) is 5.79. The van der Waals surface area contributed by atoms with Gasteiger partial charge in [0, 0.05) is 6.04 Å². The smallest absolute Gasteiger partial charge is 0.0153 e. The molecular weight excluding hydrogens is 182 g/mol. The molecule has 1 heteroatoms. The second kappa shape index (κ2) is 5.69. The van der Waals surface area contributed by atoms with Crippen LogP contribution in [0.15, 0.2) is 11.6 Å². The van der Waals surface area contributed by atoms with Crippen LogP contribution in [0, 0.1) is 5.41 Å². The summed E-state index contributed by atoms with van der Waals surface area (Å²) in [5.41, 5.74) is 2.05. The van der Waals surface area contributed by atoms with Crippen molar-refractivity contribution in [2.45, 2.75) is 65.8 Å². The maximum Gasteiger partial charge on any atom is 0.0153 e. The fraction of sp³-hybridized carbons (Fsp3) is 0.857. The Hall–Kier alpha value is -0.300. The van der Waals surface area contributed by atoms with Crippen molar-refractivity contribution in [3.8, 4) is 0 Å². The Morgan fingerprint density at radius 2 is 2.07 bits per heavy atom. The molecule has 0 amide bonds. The second-order valence-corrected chi connectivity index (χ2v) is 5.79. The summed E-state index contributed by atoms with van der Waals surface area (Å²) >= 11 is 0. The topological polar surface area (TPSA) is 12.0 Å². The maximum absolute atomic E-state index is 3.63. The van der Waals surface area contributed by atoms with E-state index >= 15 is 0 Å². The SMILES string of the molecule is CCNC(CC1=CCCCC1)C(C)(C)C. The summed E-state index contributed by atoms with van der Waals surface area (Å²) in [4.78, 5) is 0. The van der Waals surface area contributed by atoms with Crippen molar-refractivity contribution < 1.29 is 0 Å². The predicted octanol–water partition coefficient (Wildman–Crippen LogP) is 3.90. The quantitative estimate of drug-likeness (QED) is 0.692. The van der Waals surface area contributed by atoms with Gasteiger partial charge in [0.1, 0.15) is 0 Å². The number of rotatable bonds is 4. The maximum atomic E-state index is 3.63. The Kier molecular flexibility index (Phi) is 4.85. The molecule has 1 nitrogen and oxygen atoms in total. The summed E-state index contributed by atoms with van der Waals surface area (Å²) in [7, 11) is 0. The molecule has 1 rings (SSSR count). The lowest BCUT2D eigenvalue weighted by molar-refractivity contribution is 0.267. The van der Waals surface area contributed by atoms with Crippen LogP contribution in [0.3, 0.4) is 0 Å². The van der Waals surface area contributed by atoms with Crippen molar-refractivity contribution in [3.05, 3.63) is 11.6 Å². The van der Waals surface area contributed by atoms with Gasteiger partial charge in [0.2, 0.25) is 0 Å². The highest BCUT2D eigenvalue weighted by atomic mass is 14.9. The molecule has 1 atom stereocenters. The number of allylic oxidation sites excluding steroid dienone is 1. The molecule has 1 unspecified atom stereocenters. The normalized spacial score (nSPS) is 19.9. The van der Waals surface area contributed by atoms with Gasteiger partial charge in [-0.25, -0.2) is 0 Å². The lowest BCUT2D eigenvalue weighted by Gasteiger charge is -2.33. The molecule has 0 heterocycles. The van der Waals surface area contributed by atoms with Crippen molar-refractivity contribution in [2.75, 3.05) is 6.54 Å². The summed E-state index contributed by atoms with van der Waals surface area (Å²) in [5, 5.41) is 3.63. The molecule has 0 fully saturated rings. The molecule has 1 aliphatic rings. The van der Waals surface area contributed by atoms with E-state index in [4.69, 9.17) is 0 Å². The number of nitrogens with one attached hydrogen (secondary N) is 1. The van der Waals surface area contributed by atoms with Crippen LogP contribution < -0.4 is 5.32 Å². The minimum atomic E-state index is 0.369. The Bertz CT molecular complexity index is 210. The molecule has 0 aromatic rings. The van der Waals surface area contributed by atoms with Crippen LogP contribution in [0.1, 0.15) is 59.8 Å². The van der Waals surface area contributed by atoms with Crippen molar-refractivity contribution >= 4 is 0 Å². The Morgan fingerprint density at radius 1 is 1.33 bits per heavy atom. The Morgan fingerprint density at radius 3 is 2.53 bits per heavy atom. The average Bonchev–Trinajstić information content (AvgIpc) is 2.17. The highest BCUT2D eigenvalue weighted by Gasteiger charge is 2.24. The molecule has 1 aliphatic carbocycles. The zero-order valence-electron chi connectivity index (χ0n) is 10.9. The van der Waals surface area contributed by atoms with Gasteiger partial charge in [-0.15, -0.1) is 0 Å². The van der Waals surface area contributed by atoms with E-state index < -0.39 is 0 Å². The lowest BCUT2D eigenvalue weighted by Crippen LogP contribution is -2.40. The third-order valence-electron chi connectivity index (χ3n) is 3.35. The highest BCUT2D eigenvalue weighted by molar-refractivity contribution is 5.08. The molecule has 88 valence electrons. The van der Waals surface area contributed by atoms with Crippen LogP contribution in [0.4, 0.5) is 0 Å². The number of hydrogen-bond donors (Lipinski definition) is 1. The molecule has 0 saturated carbocycles. The van der Waals surface area contributed by atoms with Gasteiger partial charge in [0.15, 0.2) is 0 Å². The molecule has 0 radical (unpaired) electrons. The molecule has 15 heavy (non-hydrogen) atoms. The van der Waals surface area contributed by atoms with Crippen LogP contribution >= 0.6 is 0 Å². The molecule has 1 N–H and O–H groups in total. The van der Waals surface area contributed by atoms with E-state index in [1.54, 1.807) is 5.57 Å².